The number of nitrogens with zero attached hydrogens (tertiary/aromatic N) is 2. The Morgan fingerprint density at radius 3 is 1.78 bits per heavy atom. The van der Waals surface area contributed by atoms with Gasteiger partial charge in [-0.25, -0.2) is 0 Å². The molecule has 0 saturated heterocycles. The average molecular weight is 749 g/mol. The maximum Gasteiger partial charge on any atom is 0.137 e. The van der Waals surface area contributed by atoms with E-state index in [1.54, 1.807) is 0 Å². The van der Waals surface area contributed by atoms with Crippen molar-refractivity contribution in [1.29, 1.82) is 0 Å². The molecule has 1 aliphatic rings. The van der Waals surface area contributed by atoms with Crippen LogP contribution in [0.1, 0.15) is 31.7 Å². The van der Waals surface area contributed by atoms with Gasteiger partial charge < -0.3 is 14.2 Å². The summed E-state index contributed by atoms with van der Waals surface area (Å²) in [4.78, 5) is 4.71. The highest BCUT2D eigenvalue weighted by Crippen LogP contribution is 2.46. The number of benzene rings is 8. The minimum Gasteiger partial charge on any atom is -0.456 e. The zero-order chi connectivity index (χ0) is 38.9. The van der Waals surface area contributed by atoms with Crippen molar-refractivity contribution in [3.8, 4) is 22.3 Å². The molecule has 1 heterocycles. The maximum atomic E-state index is 6.34. The molecule has 9 aromatic rings. The van der Waals surface area contributed by atoms with Gasteiger partial charge in [0.25, 0.3) is 0 Å². The van der Waals surface area contributed by atoms with Crippen molar-refractivity contribution in [3.63, 3.8) is 0 Å². The Labute approximate surface area is 340 Å². The number of allylic oxidation sites excluding steroid dienone is 2. The van der Waals surface area contributed by atoms with Gasteiger partial charge in [-0.05, 0) is 126 Å². The fraction of sp³-hybridized carbons (Fsp3) is 0.0909. The Bertz CT molecular complexity index is 2880. The summed E-state index contributed by atoms with van der Waals surface area (Å²) < 4.78 is 6.34. The van der Waals surface area contributed by atoms with Crippen molar-refractivity contribution in [2.24, 2.45) is 0 Å². The van der Waals surface area contributed by atoms with E-state index in [0.29, 0.717) is 0 Å². The lowest BCUT2D eigenvalue weighted by molar-refractivity contribution is 0.428. The van der Waals surface area contributed by atoms with Gasteiger partial charge in [0.15, 0.2) is 0 Å². The second-order valence-corrected chi connectivity index (χ2v) is 15.6. The number of fused-ring (bicyclic) bond motifs is 3. The van der Waals surface area contributed by atoms with Crippen LogP contribution in [-0.2, 0) is 5.41 Å². The van der Waals surface area contributed by atoms with Crippen molar-refractivity contribution in [2.45, 2.75) is 31.6 Å². The van der Waals surface area contributed by atoms with Crippen molar-refractivity contribution in [3.05, 3.63) is 218 Å². The number of furan rings is 1. The Balaban J connectivity index is 1.04. The van der Waals surface area contributed by atoms with Gasteiger partial charge in [0.2, 0.25) is 0 Å². The van der Waals surface area contributed by atoms with Crippen LogP contribution in [0.2, 0.25) is 0 Å². The number of para-hydroxylation sites is 3. The molecule has 0 bridgehead atoms. The van der Waals surface area contributed by atoms with Crippen LogP contribution in [0.25, 0.3) is 44.2 Å². The summed E-state index contributed by atoms with van der Waals surface area (Å²) >= 11 is 0. The van der Waals surface area contributed by atoms with E-state index in [1.165, 1.54) is 16.7 Å². The highest BCUT2D eigenvalue weighted by Gasteiger charge is 2.28. The third-order valence-corrected chi connectivity index (χ3v) is 11.8. The lowest BCUT2D eigenvalue weighted by Gasteiger charge is -2.34. The molecule has 0 fully saturated rings. The fourth-order valence-corrected chi connectivity index (χ4v) is 8.69. The monoisotopic (exact) mass is 748 g/mol. The largest absolute Gasteiger partial charge is 0.456 e. The quantitative estimate of drug-likeness (QED) is 0.137. The molecule has 1 atom stereocenters. The zero-order valence-electron chi connectivity index (χ0n) is 32.6. The predicted octanol–water partition coefficient (Wildman–Crippen LogP) is 15.9. The average Bonchev–Trinajstić information content (AvgIpc) is 3.66. The first-order chi connectivity index (χ1) is 28.6. The number of anilines is 6. The predicted molar refractivity (Wildman–Crippen MR) is 244 cm³/mol. The van der Waals surface area contributed by atoms with Gasteiger partial charge in [0.05, 0.1) is 5.69 Å². The van der Waals surface area contributed by atoms with E-state index in [0.717, 1.165) is 86.5 Å². The molecule has 58 heavy (non-hydrogen) atoms. The Morgan fingerprint density at radius 1 is 0.431 bits per heavy atom. The summed E-state index contributed by atoms with van der Waals surface area (Å²) in [6.45, 7) is 2.42. The Hall–Kier alpha value is -7.10. The molecule has 0 N–H and O–H groups in total. The van der Waals surface area contributed by atoms with Gasteiger partial charge in [0.1, 0.15) is 11.2 Å². The van der Waals surface area contributed by atoms with E-state index in [-0.39, 0.29) is 5.41 Å². The molecule has 8 aromatic carbocycles. The fourth-order valence-electron chi connectivity index (χ4n) is 8.69. The molecule has 1 aromatic heterocycles. The number of hydrogen-bond acceptors (Lipinski definition) is 3. The highest BCUT2D eigenvalue weighted by atomic mass is 16.3. The SMILES string of the molecule is CC1(c2ccc(N(c3ccccc3)c3ccc(-c4cccc(N(c5ccccc5)c5ccc6c(c5)oc5ccccc56)c4)cc3)c(-c3ccccc3)c2)CC=CCC1. The minimum atomic E-state index is 0.112. The first-order valence-corrected chi connectivity index (χ1v) is 20.3. The first-order valence-electron chi connectivity index (χ1n) is 20.3. The molecule has 1 unspecified atom stereocenters. The second-order valence-electron chi connectivity index (χ2n) is 15.6. The molecule has 0 amide bonds. The van der Waals surface area contributed by atoms with E-state index >= 15 is 0 Å². The van der Waals surface area contributed by atoms with E-state index in [4.69, 9.17) is 4.42 Å². The lowest BCUT2D eigenvalue weighted by Crippen LogP contribution is -2.23. The van der Waals surface area contributed by atoms with Gasteiger partial charge in [-0.1, -0.05) is 134 Å². The molecule has 0 radical (unpaired) electrons. The van der Waals surface area contributed by atoms with Crippen LogP contribution >= 0.6 is 0 Å². The molecule has 280 valence electrons. The molecule has 1 aliphatic carbocycles. The normalized spacial score (nSPS) is 15.1. The van der Waals surface area contributed by atoms with E-state index in [9.17, 15) is 0 Å². The Morgan fingerprint density at radius 2 is 1.03 bits per heavy atom. The summed E-state index contributed by atoms with van der Waals surface area (Å²) in [6.07, 6.45) is 8.01. The molecule has 0 aliphatic heterocycles. The first kappa shape index (κ1) is 35.3. The molecule has 3 heteroatoms. The molecule has 0 spiro atoms. The molecule has 10 rings (SSSR count). The van der Waals surface area contributed by atoms with Crippen molar-refractivity contribution in [2.75, 3.05) is 9.80 Å². The summed E-state index contributed by atoms with van der Waals surface area (Å²) in [5.74, 6) is 0. The maximum absolute atomic E-state index is 6.34. The molecular formula is C55H44N2O. The third kappa shape index (κ3) is 6.65. The van der Waals surface area contributed by atoms with Gasteiger partial charge in [-0.3, -0.25) is 0 Å². The van der Waals surface area contributed by atoms with Gasteiger partial charge >= 0.3 is 0 Å². The standard InChI is InChI=1S/C55H44N2O/c1-55(35-14-5-15-36-55)43-29-34-52(51(38-43)41-17-6-2-7-18-41)57(45-22-10-4-11-23-45)46-30-27-40(28-31-46)42-19-16-24-47(37-42)56(44-20-8-3-9-21-44)48-32-33-50-49-25-12-13-26-53(49)58-54(50)39-48/h2-14,16-34,37-39H,15,35-36H2,1H3. The zero-order valence-corrected chi connectivity index (χ0v) is 32.6. The number of rotatable bonds is 9. The summed E-state index contributed by atoms with van der Waals surface area (Å²) in [5, 5.41) is 2.25. The van der Waals surface area contributed by atoms with Crippen molar-refractivity contribution in [1.82, 2.24) is 0 Å². The van der Waals surface area contributed by atoms with Gasteiger partial charge in [-0.15, -0.1) is 0 Å². The summed E-state index contributed by atoms with van der Waals surface area (Å²) in [5.41, 5.74) is 14.6. The van der Waals surface area contributed by atoms with E-state index in [1.807, 2.05) is 12.1 Å². The Kier molecular flexibility index (Phi) is 9.20. The lowest BCUT2D eigenvalue weighted by atomic mass is 9.73. The topological polar surface area (TPSA) is 19.6 Å². The van der Waals surface area contributed by atoms with Crippen LogP contribution < -0.4 is 9.80 Å². The highest BCUT2D eigenvalue weighted by molar-refractivity contribution is 6.06. The smallest absolute Gasteiger partial charge is 0.137 e. The van der Waals surface area contributed by atoms with Crippen LogP contribution in [0.3, 0.4) is 0 Å². The van der Waals surface area contributed by atoms with Crippen LogP contribution in [-0.4, -0.2) is 0 Å². The van der Waals surface area contributed by atoms with Crippen molar-refractivity contribution < 1.29 is 4.42 Å². The van der Waals surface area contributed by atoms with E-state index in [2.05, 4.69) is 217 Å². The van der Waals surface area contributed by atoms with Gasteiger partial charge in [-0.2, -0.15) is 0 Å². The van der Waals surface area contributed by atoms with Gasteiger partial charge in [0, 0.05) is 50.8 Å². The third-order valence-electron chi connectivity index (χ3n) is 11.8. The molecule has 0 saturated carbocycles. The minimum absolute atomic E-state index is 0.112. The van der Waals surface area contributed by atoms with Crippen LogP contribution in [0.4, 0.5) is 34.1 Å². The van der Waals surface area contributed by atoms with Crippen LogP contribution in [0, 0.1) is 0 Å². The summed E-state index contributed by atoms with van der Waals surface area (Å²) in [6, 6.07) is 71.9. The van der Waals surface area contributed by atoms with Crippen molar-refractivity contribution >= 4 is 56.1 Å². The van der Waals surface area contributed by atoms with Crippen LogP contribution in [0.15, 0.2) is 217 Å². The second kappa shape index (κ2) is 15.1. The molecular weight excluding hydrogens is 705 g/mol. The summed E-state index contributed by atoms with van der Waals surface area (Å²) in [7, 11) is 0. The number of hydrogen-bond donors (Lipinski definition) is 0. The molecule has 3 nitrogen and oxygen atoms in total. The van der Waals surface area contributed by atoms with Crippen LogP contribution in [0.5, 0.6) is 0 Å². The van der Waals surface area contributed by atoms with E-state index < -0.39 is 0 Å².